The molecule has 1 aliphatic carbocycles. The Morgan fingerprint density at radius 3 is 3.06 bits per heavy atom. The van der Waals surface area contributed by atoms with Crippen LogP contribution in [0.4, 0.5) is 10.1 Å². The summed E-state index contributed by atoms with van der Waals surface area (Å²) < 4.78 is 13.0. The fourth-order valence-electron chi connectivity index (χ4n) is 2.29. The summed E-state index contributed by atoms with van der Waals surface area (Å²) in [6.45, 7) is 2.03. The van der Waals surface area contributed by atoms with Crippen molar-refractivity contribution in [3.63, 3.8) is 0 Å². The number of halogens is 1. The van der Waals surface area contributed by atoms with Gasteiger partial charge in [-0.25, -0.2) is 4.39 Å². The van der Waals surface area contributed by atoms with Crippen LogP contribution in [0.1, 0.15) is 18.4 Å². The quantitative estimate of drug-likeness (QED) is 0.815. The van der Waals surface area contributed by atoms with Gasteiger partial charge in [0.05, 0.1) is 0 Å². The number of benzene rings is 1. The van der Waals surface area contributed by atoms with Crippen molar-refractivity contribution in [2.45, 2.75) is 25.3 Å². The fraction of sp³-hybridized carbons (Fsp3) is 0.538. The molecule has 3 rings (SSSR count). The number of hydrogen-bond acceptors (Lipinski definition) is 2. The fourth-order valence-corrected chi connectivity index (χ4v) is 2.29. The van der Waals surface area contributed by atoms with Crippen LogP contribution in [-0.2, 0) is 6.42 Å². The molecule has 0 radical (unpaired) electrons. The van der Waals surface area contributed by atoms with E-state index in [1.165, 1.54) is 18.4 Å². The highest BCUT2D eigenvalue weighted by molar-refractivity contribution is 5.53. The van der Waals surface area contributed by atoms with Gasteiger partial charge in [-0.2, -0.15) is 0 Å². The van der Waals surface area contributed by atoms with E-state index in [1.807, 2.05) is 6.07 Å². The maximum absolute atomic E-state index is 13.0. The van der Waals surface area contributed by atoms with E-state index in [-0.39, 0.29) is 5.82 Å². The van der Waals surface area contributed by atoms with Crippen LogP contribution in [-0.4, -0.2) is 19.1 Å². The Bertz CT molecular complexity index is 388. The molecule has 0 amide bonds. The summed E-state index contributed by atoms with van der Waals surface area (Å²) >= 11 is 0. The van der Waals surface area contributed by atoms with E-state index in [0.717, 1.165) is 31.2 Å². The monoisotopic (exact) mass is 220 g/mol. The van der Waals surface area contributed by atoms with Gasteiger partial charge in [0.15, 0.2) is 0 Å². The normalized spacial score (nSPS) is 23.7. The third-order valence-corrected chi connectivity index (χ3v) is 3.43. The van der Waals surface area contributed by atoms with Gasteiger partial charge < -0.3 is 10.6 Å². The molecule has 1 saturated carbocycles. The lowest BCUT2D eigenvalue weighted by Gasteiger charge is -2.26. The molecule has 2 N–H and O–H groups in total. The van der Waals surface area contributed by atoms with Crippen LogP contribution in [0.2, 0.25) is 0 Å². The molecule has 16 heavy (non-hydrogen) atoms. The summed E-state index contributed by atoms with van der Waals surface area (Å²) in [5.41, 5.74) is 2.22. The molecule has 3 heteroatoms. The van der Waals surface area contributed by atoms with Crippen LogP contribution in [0.5, 0.6) is 0 Å². The molecule has 1 heterocycles. The summed E-state index contributed by atoms with van der Waals surface area (Å²) in [6.07, 6.45) is 3.73. The van der Waals surface area contributed by atoms with E-state index in [0.29, 0.717) is 5.92 Å². The van der Waals surface area contributed by atoms with Crippen molar-refractivity contribution in [1.82, 2.24) is 5.32 Å². The molecule has 1 fully saturated rings. The lowest BCUT2D eigenvalue weighted by Crippen LogP contribution is -2.33. The number of rotatable bonds is 3. The summed E-state index contributed by atoms with van der Waals surface area (Å²) in [5.74, 6) is 0.486. The largest absolute Gasteiger partial charge is 0.384 e. The predicted octanol–water partition coefficient (Wildman–Crippen LogP) is 2.16. The van der Waals surface area contributed by atoms with Crippen LogP contribution in [0.25, 0.3) is 0 Å². The minimum atomic E-state index is -0.152. The van der Waals surface area contributed by atoms with Crippen molar-refractivity contribution in [3.05, 3.63) is 29.6 Å². The van der Waals surface area contributed by atoms with Crippen molar-refractivity contribution in [3.8, 4) is 0 Å². The van der Waals surface area contributed by atoms with Gasteiger partial charge in [-0.1, -0.05) is 6.07 Å². The van der Waals surface area contributed by atoms with Crippen molar-refractivity contribution in [2.75, 3.05) is 18.4 Å². The molecule has 0 bridgehead atoms. The first-order chi connectivity index (χ1) is 7.81. The van der Waals surface area contributed by atoms with E-state index in [4.69, 9.17) is 0 Å². The molecular weight excluding hydrogens is 203 g/mol. The highest BCUT2D eigenvalue weighted by atomic mass is 19.1. The second kappa shape index (κ2) is 4.06. The smallest absolute Gasteiger partial charge is 0.125 e. The Balaban J connectivity index is 1.63. The lowest BCUT2D eigenvalue weighted by molar-refractivity contribution is 0.481. The molecule has 0 saturated heterocycles. The van der Waals surface area contributed by atoms with E-state index >= 15 is 0 Å². The zero-order valence-electron chi connectivity index (χ0n) is 9.30. The van der Waals surface area contributed by atoms with Gasteiger partial charge in [-0.15, -0.1) is 0 Å². The topological polar surface area (TPSA) is 24.1 Å². The third kappa shape index (κ3) is 2.19. The molecule has 2 aliphatic rings. The van der Waals surface area contributed by atoms with Crippen molar-refractivity contribution in [1.29, 1.82) is 0 Å². The molecule has 1 aromatic rings. The zero-order valence-corrected chi connectivity index (χ0v) is 9.30. The van der Waals surface area contributed by atoms with E-state index in [2.05, 4.69) is 10.6 Å². The SMILES string of the molecule is Fc1ccc2c(c1)NCC(CNC1CC1)C2. The summed E-state index contributed by atoms with van der Waals surface area (Å²) in [4.78, 5) is 0. The predicted molar refractivity (Wildman–Crippen MR) is 63.1 cm³/mol. The Morgan fingerprint density at radius 2 is 2.25 bits per heavy atom. The summed E-state index contributed by atoms with van der Waals surface area (Å²) in [5, 5.41) is 6.87. The standard InChI is InChI=1S/C13H17FN2/c14-11-2-1-10-5-9(7-15-12-3-4-12)8-16-13(10)6-11/h1-2,6,9,12,15-16H,3-5,7-8H2. The number of nitrogens with one attached hydrogen (secondary N) is 2. The van der Waals surface area contributed by atoms with Crippen LogP contribution in [0, 0.1) is 11.7 Å². The van der Waals surface area contributed by atoms with Gasteiger partial charge in [0, 0.05) is 24.8 Å². The van der Waals surface area contributed by atoms with Crippen LogP contribution in [0.3, 0.4) is 0 Å². The third-order valence-electron chi connectivity index (χ3n) is 3.43. The second-order valence-electron chi connectivity index (χ2n) is 4.94. The van der Waals surface area contributed by atoms with Crippen molar-refractivity contribution in [2.24, 2.45) is 5.92 Å². The van der Waals surface area contributed by atoms with Gasteiger partial charge in [-0.3, -0.25) is 0 Å². The lowest BCUT2D eigenvalue weighted by atomic mass is 9.94. The maximum atomic E-state index is 13.0. The molecular formula is C13H17FN2. The number of anilines is 1. The molecule has 0 spiro atoms. The molecule has 1 aromatic carbocycles. The first kappa shape index (κ1) is 10.1. The van der Waals surface area contributed by atoms with Crippen LogP contribution in [0.15, 0.2) is 18.2 Å². The van der Waals surface area contributed by atoms with Gasteiger partial charge >= 0.3 is 0 Å². The molecule has 2 nitrogen and oxygen atoms in total. The highest BCUT2D eigenvalue weighted by Crippen LogP contribution is 2.26. The van der Waals surface area contributed by atoms with E-state index in [1.54, 1.807) is 12.1 Å². The van der Waals surface area contributed by atoms with Gasteiger partial charge in [0.1, 0.15) is 5.82 Å². The van der Waals surface area contributed by atoms with E-state index < -0.39 is 0 Å². The summed E-state index contributed by atoms with van der Waals surface area (Å²) in [6, 6.07) is 5.83. The van der Waals surface area contributed by atoms with Crippen LogP contribution < -0.4 is 10.6 Å². The zero-order chi connectivity index (χ0) is 11.0. The number of hydrogen-bond donors (Lipinski definition) is 2. The Labute approximate surface area is 95.2 Å². The number of fused-ring (bicyclic) bond motifs is 1. The summed E-state index contributed by atoms with van der Waals surface area (Å²) in [7, 11) is 0. The van der Waals surface area contributed by atoms with Gasteiger partial charge in [0.25, 0.3) is 0 Å². The first-order valence-electron chi connectivity index (χ1n) is 6.07. The van der Waals surface area contributed by atoms with Gasteiger partial charge in [-0.05, 0) is 42.9 Å². The van der Waals surface area contributed by atoms with Crippen LogP contribution >= 0.6 is 0 Å². The van der Waals surface area contributed by atoms with Crippen molar-refractivity contribution >= 4 is 5.69 Å². The molecule has 1 unspecified atom stereocenters. The molecule has 0 aromatic heterocycles. The highest BCUT2D eigenvalue weighted by Gasteiger charge is 2.24. The molecule has 1 atom stereocenters. The Kier molecular flexibility index (Phi) is 2.56. The Hall–Kier alpha value is -1.09. The minimum Gasteiger partial charge on any atom is -0.384 e. The first-order valence-corrected chi connectivity index (χ1v) is 6.07. The second-order valence-corrected chi connectivity index (χ2v) is 4.94. The van der Waals surface area contributed by atoms with E-state index in [9.17, 15) is 4.39 Å². The average Bonchev–Trinajstić information content (AvgIpc) is 3.10. The molecule has 1 aliphatic heterocycles. The van der Waals surface area contributed by atoms with Gasteiger partial charge in [0.2, 0.25) is 0 Å². The maximum Gasteiger partial charge on any atom is 0.125 e. The Morgan fingerprint density at radius 1 is 1.38 bits per heavy atom. The minimum absolute atomic E-state index is 0.152. The molecule has 86 valence electrons. The van der Waals surface area contributed by atoms with Crippen molar-refractivity contribution < 1.29 is 4.39 Å². The average molecular weight is 220 g/mol.